The zero-order chi connectivity index (χ0) is 13.7. The minimum absolute atomic E-state index is 0.0922. The molecule has 1 atom stereocenters. The summed E-state index contributed by atoms with van der Waals surface area (Å²) in [5, 5.41) is 8.52. The Kier molecular flexibility index (Phi) is 5.40. The standard InChI is InChI=1S/C15H24N2OS/c1-11(2)17-14(18)10-16-15(12-6-3-4-7-12)13-8-5-9-19-13/h5,8-9,11-12,15-16H,3-4,6-7,10H2,1-2H3,(H,17,18). The van der Waals surface area contributed by atoms with Crippen molar-refractivity contribution in [2.45, 2.75) is 51.6 Å². The number of rotatable bonds is 6. The zero-order valence-corrected chi connectivity index (χ0v) is 12.6. The van der Waals surface area contributed by atoms with Crippen LogP contribution in [-0.2, 0) is 4.79 Å². The molecule has 2 N–H and O–H groups in total. The first-order valence-corrected chi connectivity index (χ1v) is 8.11. The first-order chi connectivity index (χ1) is 9.16. The summed E-state index contributed by atoms with van der Waals surface area (Å²) in [6.45, 7) is 4.40. The van der Waals surface area contributed by atoms with Gasteiger partial charge in [0.25, 0.3) is 0 Å². The highest BCUT2D eigenvalue weighted by molar-refractivity contribution is 7.10. The van der Waals surface area contributed by atoms with E-state index in [1.165, 1.54) is 30.6 Å². The molecule has 1 amide bonds. The smallest absolute Gasteiger partial charge is 0.234 e. The molecule has 0 spiro atoms. The molecule has 0 radical (unpaired) electrons. The van der Waals surface area contributed by atoms with Gasteiger partial charge in [0.15, 0.2) is 0 Å². The van der Waals surface area contributed by atoms with Crippen LogP contribution in [0.5, 0.6) is 0 Å². The number of carbonyl (C=O) groups is 1. The third-order valence-electron chi connectivity index (χ3n) is 3.65. The second-order valence-electron chi connectivity index (χ2n) is 5.64. The molecule has 3 nitrogen and oxygen atoms in total. The van der Waals surface area contributed by atoms with E-state index in [9.17, 15) is 4.79 Å². The summed E-state index contributed by atoms with van der Waals surface area (Å²) in [6, 6.07) is 4.83. The van der Waals surface area contributed by atoms with Gasteiger partial charge in [0.2, 0.25) is 5.91 Å². The molecule has 1 unspecified atom stereocenters. The Morgan fingerprint density at radius 1 is 1.42 bits per heavy atom. The van der Waals surface area contributed by atoms with Crippen LogP contribution >= 0.6 is 11.3 Å². The SMILES string of the molecule is CC(C)NC(=O)CNC(c1cccs1)C1CCCC1. The summed E-state index contributed by atoms with van der Waals surface area (Å²) in [6.07, 6.45) is 5.21. The molecular formula is C15H24N2OS. The van der Waals surface area contributed by atoms with Gasteiger partial charge in [-0.3, -0.25) is 4.79 Å². The van der Waals surface area contributed by atoms with Gasteiger partial charge < -0.3 is 10.6 Å². The topological polar surface area (TPSA) is 41.1 Å². The first-order valence-electron chi connectivity index (χ1n) is 7.23. The van der Waals surface area contributed by atoms with Crippen molar-refractivity contribution in [3.8, 4) is 0 Å². The minimum atomic E-state index is 0.0922. The van der Waals surface area contributed by atoms with E-state index >= 15 is 0 Å². The van der Waals surface area contributed by atoms with E-state index in [2.05, 4.69) is 28.1 Å². The average Bonchev–Trinajstić information content (AvgIpc) is 3.00. The summed E-state index contributed by atoms with van der Waals surface area (Å²) in [4.78, 5) is 13.1. The molecule has 4 heteroatoms. The lowest BCUT2D eigenvalue weighted by Gasteiger charge is -2.24. The van der Waals surface area contributed by atoms with Crippen molar-refractivity contribution in [2.75, 3.05) is 6.54 Å². The predicted molar refractivity (Wildman–Crippen MR) is 80.3 cm³/mol. The maximum atomic E-state index is 11.8. The fourth-order valence-electron chi connectivity index (χ4n) is 2.83. The molecule has 1 aromatic rings. The quantitative estimate of drug-likeness (QED) is 0.840. The van der Waals surface area contributed by atoms with Gasteiger partial charge in [0, 0.05) is 17.0 Å². The molecular weight excluding hydrogens is 256 g/mol. The summed E-state index contributed by atoms with van der Waals surface area (Å²) < 4.78 is 0. The lowest BCUT2D eigenvalue weighted by Crippen LogP contribution is -2.40. The lowest BCUT2D eigenvalue weighted by atomic mass is 9.96. The highest BCUT2D eigenvalue weighted by Crippen LogP contribution is 2.37. The summed E-state index contributed by atoms with van der Waals surface area (Å²) >= 11 is 1.79. The number of amides is 1. The second-order valence-corrected chi connectivity index (χ2v) is 6.62. The number of nitrogens with one attached hydrogen (secondary N) is 2. The minimum Gasteiger partial charge on any atom is -0.353 e. The molecule has 1 aliphatic carbocycles. The van der Waals surface area contributed by atoms with Crippen LogP contribution in [0, 0.1) is 5.92 Å². The molecule has 0 aromatic carbocycles. The zero-order valence-electron chi connectivity index (χ0n) is 11.8. The van der Waals surface area contributed by atoms with Gasteiger partial charge in [-0.1, -0.05) is 18.9 Å². The van der Waals surface area contributed by atoms with E-state index < -0.39 is 0 Å². The Morgan fingerprint density at radius 3 is 2.74 bits per heavy atom. The third-order valence-corrected chi connectivity index (χ3v) is 4.61. The lowest BCUT2D eigenvalue weighted by molar-refractivity contribution is -0.120. The second kappa shape index (κ2) is 7.06. The van der Waals surface area contributed by atoms with Crippen LogP contribution < -0.4 is 10.6 Å². The Bertz CT molecular complexity index is 383. The van der Waals surface area contributed by atoms with Gasteiger partial charge in [0.1, 0.15) is 0 Å². The highest BCUT2D eigenvalue weighted by Gasteiger charge is 2.27. The van der Waals surface area contributed by atoms with Crippen molar-refractivity contribution < 1.29 is 4.79 Å². The highest BCUT2D eigenvalue weighted by atomic mass is 32.1. The monoisotopic (exact) mass is 280 g/mol. The van der Waals surface area contributed by atoms with E-state index in [4.69, 9.17) is 0 Å². The van der Waals surface area contributed by atoms with Crippen LogP contribution in [-0.4, -0.2) is 18.5 Å². The predicted octanol–water partition coefficient (Wildman–Crippen LogP) is 3.09. The van der Waals surface area contributed by atoms with Gasteiger partial charge in [0.05, 0.1) is 6.54 Å². The van der Waals surface area contributed by atoms with Gasteiger partial charge in [-0.15, -0.1) is 11.3 Å². The average molecular weight is 280 g/mol. The van der Waals surface area contributed by atoms with E-state index in [1.807, 2.05) is 13.8 Å². The molecule has 0 saturated heterocycles. The molecule has 2 rings (SSSR count). The van der Waals surface area contributed by atoms with Crippen molar-refractivity contribution in [1.29, 1.82) is 0 Å². The molecule has 1 heterocycles. The van der Waals surface area contributed by atoms with Gasteiger partial charge >= 0.3 is 0 Å². The molecule has 1 aliphatic rings. The van der Waals surface area contributed by atoms with Crippen LogP contribution in [0.1, 0.15) is 50.4 Å². The van der Waals surface area contributed by atoms with E-state index in [0.717, 1.165) is 0 Å². The molecule has 1 fully saturated rings. The van der Waals surface area contributed by atoms with Gasteiger partial charge in [-0.05, 0) is 44.1 Å². The first kappa shape index (κ1) is 14.5. The molecule has 0 bridgehead atoms. The van der Waals surface area contributed by atoms with Gasteiger partial charge in [-0.25, -0.2) is 0 Å². The Balaban J connectivity index is 1.92. The van der Waals surface area contributed by atoms with Crippen molar-refractivity contribution in [3.05, 3.63) is 22.4 Å². The van der Waals surface area contributed by atoms with Crippen LogP contribution in [0.2, 0.25) is 0 Å². The maximum absolute atomic E-state index is 11.8. The Labute approximate surface area is 119 Å². The van der Waals surface area contributed by atoms with Crippen LogP contribution in [0.3, 0.4) is 0 Å². The van der Waals surface area contributed by atoms with E-state index in [1.54, 1.807) is 11.3 Å². The number of carbonyl (C=O) groups excluding carboxylic acids is 1. The summed E-state index contributed by atoms with van der Waals surface area (Å²) in [7, 11) is 0. The van der Waals surface area contributed by atoms with Gasteiger partial charge in [-0.2, -0.15) is 0 Å². The van der Waals surface area contributed by atoms with Crippen LogP contribution in [0.4, 0.5) is 0 Å². The van der Waals surface area contributed by atoms with Crippen LogP contribution in [0.15, 0.2) is 17.5 Å². The van der Waals surface area contributed by atoms with Crippen molar-refractivity contribution in [3.63, 3.8) is 0 Å². The number of thiophene rings is 1. The Hall–Kier alpha value is -0.870. The van der Waals surface area contributed by atoms with Crippen molar-refractivity contribution in [1.82, 2.24) is 10.6 Å². The fourth-order valence-corrected chi connectivity index (χ4v) is 3.73. The third kappa shape index (κ3) is 4.32. The van der Waals surface area contributed by atoms with Crippen LogP contribution in [0.25, 0.3) is 0 Å². The largest absolute Gasteiger partial charge is 0.353 e. The van der Waals surface area contributed by atoms with Crippen molar-refractivity contribution in [2.24, 2.45) is 5.92 Å². The molecule has 106 valence electrons. The summed E-state index contributed by atoms with van der Waals surface area (Å²) in [5.41, 5.74) is 0. The molecule has 1 saturated carbocycles. The fraction of sp³-hybridized carbons (Fsp3) is 0.667. The molecule has 19 heavy (non-hydrogen) atoms. The molecule has 1 aromatic heterocycles. The normalized spacial score (nSPS) is 17.8. The Morgan fingerprint density at radius 2 is 2.16 bits per heavy atom. The number of hydrogen-bond donors (Lipinski definition) is 2. The maximum Gasteiger partial charge on any atom is 0.234 e. The van der Waals surface area contributed by atoms with E-state index in [0.29, 0.717) is 18.5 Å². The summed E-state index contributed by atoms with van der Waals surface area (Å²) in [5.74, 6) is 0.778. The van der Waals surface area contributed by atoms with Crippen molar-refractivity contribution >= 4 is 17.2 Å². The molecule has 0 aliphatic heterocycles. The number of hydrogen-bond acceptors (Lipinski definition) is 3. The van der Waals surface area contributed by atoms with E-state index in [-0.39, 0.29) is 11.9 Å².